The molecule has 110 valence electrons. The summed E-state index contributed by atoms with van der Waals surface area (Å²) in [7, 11) is 0. The summed E-state index contributed by atoms with van der Waals surface area (Å²) in [6.45, 7) is 7.59. The minimum atomic E-state index is 0.190. The van der Waals surface area contributed by atoms with Gasteiger partial charge in [0.15, 0.2) is 0 Å². The summed E-state index contributed by atoms with van der Waals surface area (Å²) >= 11 is 0. The predicted octanol–water partition coefficient (Wildman–Crippen LogP) is 3.80. The number of hydrogen-bond donors (Lipinski definition) is 2. The maximum atomic E-state index is 9.04. The molecule has 0 spiro atoms. The number of para-hydroxylation sites is 1. The lowest BCUT2D eigenvalue weighted by Gasteiger charge is -2.18. The zero-order valence-corrected chi connectivity index (χ0v) is 12.6. The number of hydrogen-bond acceptors (Lipinski definition) is 3. The van der Waals surface area contributed by atoms with E-state index in [2.05, 4.69) is 32.2 Å². The van der Waals surface area contributed by atoms with Crippen molar-refractivity contribution in [2.75, 3.05) is 13.2 Å². The van der Waals surface area contributed by atoms with Crippen LogP contribution in [0.25, 0.3) is 11.0 Å². The Bertz CT molecular complexity index is 547. The number of furan rings is 1. The fourth-order valence-electron chi connectivity index (χ4n) is 2.68. The molecule has 0 aliphatic heterocycles. The second-order valence-electron chi connectivity index (χ2n) is 5.50. The van der Waals surface area contributed by atoms with Crippen molar-refractivity contribution in [2.45, 2.75) is 39.7 Å². The summed E-state index contributed by atoms with van der Waals surface area (Å²) in [6.07, 6.45) is 1.94. The SMILES string of the molecule is CCC(CCO)CNC(C)c1oc2ccccc2c1C. The quantitative estimate of drug-likeness (QED) is 0.808. The predicted molar refractivity (Wildman–Crippen MR) is 82.9 cm³/mol. The van der Waals surface area contributed by atoms with Crippen LogP contribution in [0, 0.1) is 12.8 Å². The number of benzene rings is 1. The molecule has 1 heterocycles. The Hall–Kier alpha value is -1.32. The van der Waals surface area contributed by atoms with Crippen LogP contribution < -0.4 is 5.32 Å². The lowest BCUT2D eigenvalue weighted by molar-refractivity contribution is 0.248. The van der Waals surface area contributed by atoms with Gasteiger partial charge in [-0.05, 0) is 44.4 Å². The van der Waals surface area contributed by atoms with Gasteiger partial charge in [0.05, 0.1) is 6.04 Å². The summed E-state index contributed by atoms with van der Waals surface area (Å²) in [5.41, 5.74) is 2.17. The van der Waals surface area contributed by atoms with Crippen molar-refractivity contribution < 1.29 is 9.52 Å². The largest absolute Gasteiger partial charge is 0.459 e. The number of aliphatic hydroxyl groups is 1. The smallest absolute Gasteiger partial charge is 0.134 e. The average molecular weight is 275 g/mol. The first-order valence-electron chi connectivity index (χ1n) is 7.49. The monoisotopic (exact) mass is 275 g/mol. The Balaban J connectivity index is 2.07. The van der Waals surface area contributed by atoms with Crippen molar-refractivity contribution in [3.05, 3.63) is 35.6 Å². The number of aryl methyl sites for hydroxylation is 1. The molecule has 0 aliphatic carbocycles. The minimum absolute atomic E-state index is 0.190. The van der Waals surface area contributed by atoms with Gasteiger partial charge in [0, 0.05) is 12.0 Å². The molecule has 2 aromatic rings. The Morgan fingerprint density at radius 1 is 1.30 bits per heavy atom. The zero-order chi connectivity index (χ0) is 14.5. The van der Waals surface area contributed by atoms with Gasteiger partial charge >= 0.3 is 0 Å². The molecule has 1 aromatic heterocycles. The van der Waals surface area contributed by atoms with E-state index in [0.29, 0.717) is 5.92 Å². The maximum Gasteiger partial charge on any atom is 0.134 e. The van der Waals surface area contributed by atoms with Crippen LogP contribution in [-0.4, -0.2) is 18.3 Å². The Morgan fingerprint density at radius 2 is 2.05 bits per heavy atom. The molecular weight excluding hydrogens is 250 g/mol. The first-order valence-corrected chi connectivity index (χ1v) is 7.49. The highest BCUT2D eigenvalue weighted by atomic mass is 16.3. The van der Waals surface area contributed by atoms with E-state index < -0.39 is 0 Å². The van der Waals surface area contributed by atoms with E-state index in [9.17, 15) is 0 Å². The summed E-state index contributed by atoms with van der Waals surface area (Å²) in [5.74, 6) is 1.54. The van der Waals surface area contributed by atoms with E-state index in [0.717, 1.165) is 30.7 Å². The molecule has 20 heavy (non-hydrogen) atoms. The van der Waals surface area contributed by atoms with Crippen LogP contribution in [0.3, 0.4) is 0 Å². The summed E-state index contributed by atoms with van der Waals surface area (Å²) in [5, 5.41) is 13.8. The molecule has 2 unspecified atom stereocenters. The maximum absolute atomic E-state index is 9.04. The molecular formula is C17H25NO2. The van der Waals surface area contributed by atoms with E-state index in [4.69, 9.17) is 9.52 Å². The number of nitrogens with one attached hydrogen (secondary N) is 1. The van der Waals surface area contributed by atoms with Gasteiger partial charge in [-0.1, -0.05) is 31.5 Å². The molecule has 0 bridgehead atoms. The van der Waals surface area contributed by atoms with Gasteiger partial charge in [0.1, 0.15) is 11.3 Å². The first kappa shape index (κ1) is 15.1. The molecule has 0 aliphatic rings. The van der Waals surface area contributed by atoms with E-state index in [1.54, 1.807) is 0 Å². The van der Waals surface area contributed by atoms with Gasteiger partial charge in [-0.15, -0.1) is 0 Å². The topological polar surface area (TPSA) is 45.4 Å². The molecule has 3 nitrogen and oxygen atoms in total. The van der Waals surface area contributed by atoms with Crippen molar-refractivity contribution in [1.29, 1.82) is 0 Å². The van der Waals surface area contributed by atoms with Gasteiger partial charge < -0.3 is 14.8 Å². The van der Waals surface area contributed by atoms with Crippen LogP contribution in [0.4, 0.5) is 0 Å². The highest BCUT2D eigenvalue weighted by Crippen LogP contribution is 2.29. The molecule has 2 N–H and O–H groups in total. The van der Waals surface area contributed by atoms with Crippen LogP contribution in [0.2, 0.25) is 0 Å². The molecule has 2 rings (SSSR count). The van der Waals surface area contributed by atoms with Crippen molar-refractivity contribution in [2.24, 2.45) is 5.92 Å². The van der Waals surface area contributed by atoms with Crippen LogP contribution in [0.15, 0.2) is 28.7 Å². The summed E-state index contributed by atoms with van der Waals surface area (Å²) < 4.78 is 5.97. The summed E-state index contributed by atoms with van der Waals surface area (Å²) in [4.78, 5) is 0. The third kappa shape index (κ3) is 3.22. The fourth-order valence-corrected chi connectivity index (χ4v) is 2.68. The van der Waals surface area contributed by atoms with Crippen LogP contribution >= 0.6 is 0 Å². The molecule has 0 saturated heterocycles. The van der Waals surface area contributed by atoms with Crippen molar-refractivity contribution >= 4 is 11.0 Å². The van der Waals surface area contributed by atoms with Crippen LogP contribution in [0.5, 0.6) is 0 Å². The second-order valence-corrected chi connectivity index (χ2v) is 5.50. The molecule has 0 fully saturated rings. The van der Waals surface area contributed by atoms with Gasteiger partial charge in [-0.3, -0.25) is 0 Å². The number of aliphatic hydroxyl groups excluding tert-OH is 1. The second kappa shape index (κ2) is 6.91. The van der Waals surface area contributed by atoms with E-state index in [-0.39, 0.29) is 12.6 Å². The van der Waals surface area contributed by atoms with Gasteiger partial charge in [0.2, 0.25) is 0 Å². The third-order valence-corrected chi connectivity index (χ3v) is 4.10. The lowest BCUT2D eigenvalue weighted by atomic mass is 10.0. The normalized spacial score (nSPS) is 14.6. The Kier molecular flexibility index (Phi) is 5.21. The molecule has 0 radical (unpaired) electrons. The molecule has 2 atom stereocenters. The summed E-state index contributed by atoms with van der Waals surface area (Å²) in [6, 6.07) is 8.35. The Morgan fingerprint density at radius 3 is 2.70 bits per heavy atom. The van der Waals surface area contributed by atoms with Gasteiger partial charge in [-0.25, -0.2) is 0 Å². The lowest BCUT2D eigenvalue weighted by Crippen LogP contribution is -2.26. The van der Waals surface area contributed by atoms with E-state index in [1.807, 2.05) is 18.2 Å². The molecule has 0 saturated carbocycles. The average Bonchev–Trinajstić information content (AvgIpc) is 2.81. The highest BCUT2D eigenvalue weighted by Gasteiger charge is 2.17. The van der Waals surface area contributed by atoms with E-state index >= 15 is 0 Å². The van der Waals surface area contributed by atoms with Crippen molar-refractivity contribution in [3.63, 3.8) is 0 Å². The van der Waals surface area contributed by atoms with Gasteiger partial charge in [0.25, 0.3) is 0 Å². The van der Waals surface area contributed by atoms with Crippen molar-refractivity contribution in [3.8, 4) is 0 Å². The fraction of sp³-hybridized carbons (Fsp3) is 0.529. The zero-order valence-electron chi connectivity index (χ0n) is 12.6. The highest BCUT2D eigenvalue weighted by molar-refractivity contribution is 5.82. The van der Waals surface area contributed by atoms with Crippen LogP contribution in [-0.2, 0) is 0 Å². The van der Waals surface area contributed by atoms with Crippen molar-refractivity contribution in [1.82, 2.24) is 5.32 Å². The van der Waals surface area contributed by atoms with E-state index in [1.165, 1.54) is 10.9 Å². The first-order chi connectivity index (χ1) is 9.67. The molecule has 0 amide bonds. The number of fused-ring (bicyclic) bond motifs is 1. The van der Waals surface area contributed by atoms with Crippen LogP contribution in [0.1, 0.15) is 44.1 Å². The Labute approximate surface area is 121 Å². The van der Waals surface area contributed by atoms with Gasteiger partial charge in [-0.2, -0.15) is 0 Å². The standard InChI is InChI=1S/C17H25NO2/c1-4-14(9-10-19)11-18-13(3)17-12(2)15-7-5-6-8-16(15)20-17/h5-8,13-14,18-19H,4,9-11H2,1-3H3. The number of rotatable bonds is 7. The molecule has 3 heteroatoms. The molecule has 1 aromatic carbocycles. The minimum Gasteiger partial charge on any atom is -0.459 e. The third-order valence-electron chi connectivity index (χ3n) is 4.10.